The van der Waals surface area contributed by atoms with E-state index >= 15 is 0 Å². The Bertz CT molecular complexity index is 560. The van der Waals surface area contributed by atoms with Gasteiger partial charge < -0.3 is 15.3 Å². The third kappa shape index (κ3) is 3.67. The molecule has 1 aliphatic heterocycles. The predicted octanol–water partition coefficient (Wildman–Crippen LogP) is 3.69. The van der Waals surface area contributed by atoms with E-state index in [9.17, 15) is 9.59 Å². The molecule has 1 saturated heterocycles. The summed E-state index contributed by atoms with van der Waals surface area (Å²) in [5.41, 5.74) is 0.457. The molecular weight excluding hydrogens is 292 g/mol. The van der Waals surface area contributed by atoms with Crippen LogP contribution in [0.2, 0.25) is 5.02 Å². The number of aromatic carboxylic acids is 1. The highest BCUT2D eigenvalue weighted by molar-refractivity contribution is 6.31. The topological polar surface area (TPSA) is 69.6 Å². The second kappa shape index (κ2) is 6.35. The van der Waals surface area contributed by atoms with E-state index in [1.165, 1.54) is 12.1 Å². The molecular formula is C15H19ClN2O3. The Balaban J connectivity index is 2.14. The fraction of sp³-hybridized carbons (Fsp3) is 0.467. The van der Waals surface area contributed by atoms with E-state index in [4.69, 9.17) is 16.7 Å². The minimum atomic E-state index is -1.07. The lowest BCUT2D eigenvalue weighted by atomic mass is 10.0. The summed E-state index contributed by atoms with van der Waals surface area (Å²) in [4.78, 5) is 25.2. The van der Waals surface area contributed by atoms with Crippen molar-refractivity contribution in [2.24, 2.45) is 5.92 Å². The van der Waals surface area contributed by atoms with Crippen LogP contribution in [0.1, 0.15) is 37.0 Å². The lowest BCUT2D eigenvalue weighted by molar-refractivity contribution is 0.0697. The molecule has 1 heterocycles. The first-order valence-corrected chi connectivity index (χ1v) is 7.38. The molecule has 0 aliphatic carbocycles. The Labute approximate surface area is 128 Å². The van der Waals surface area contributed by atoms with Gasteiger partial charge in [-0.25, -0.2) is 9.59 Å². The molecule has 1 atom stereocenters. The van der Waals surface area contributed by atoms with Gasteiger partial charge >= 0.3 is 12.0 Å². The van der Waals surface area contributed by atoms with Crippen molar-refractivity contribution >= 4 is 29.3 Å². The Morgan fingerprint density at radius 3 is 2.71 bits per heavy atom. The van der Waals surface area contributed by atoms with Crippen molar-refractivity contribution in [2.45, 2.75) is 32.7 Å². The third-order valence-corrected chi connectivity index (χ3v) is 3.94. The number of hydrogen-bond acceptors (Lipinski definition) is 2. The van der Waals surface area contributed by atoms with Crippen LogP contribution >= 0.6 is 11.6 Å². The first-order chi connectivity index (χ1) is 9.88. The number of hydrogen-bond donors (Lipinski definition) is 2. The summed E-state index contributed by atoms with van der Waals surface area (Å²) in [7, 11) is 0. The SMILES string of the molecule is CC(C)C1CCCN1C(=O)Nc1cc(Cl)cc(C(=O)O)c1. The number of nitrogens with zero attached hydrogens (tertiary/aromatic N) is 1. The number of anilines is 1. The fourth-order valence-corrected chi connectivity index (χ4v) is 2.95. The van der Waals surface area contributed by atoms with Crippen LogP contribution in [-0.4, -0.2) is 34.6 Å². The van der Waals surface area contributed by atoms with Crippen LogP contribution in [0.25, 0.3) is 0 Å². The van der Waals surface area contributed by atoms with Gasteiger partial charge in [-0.1, -0.05) is 25.4 Å². The molecule has 21 heavy (non-hydrogen) atoms. The number of benzene rings is 1. The molecule has 114 valence electrons. The van der Waals surface area contributed by atoms with Crippen molar-refractivity contribution in [3.63, 3.8) is 0 Å². The molecule has 1 aromatic carbocycles. The molecule has 0 saturated carbocycles. The Morgan fingerprint density at radius 2 is 2.10 bits per heavy atom. The number of carbonyl (C=O) groups is 2. The monoisotopic (exact) mass is 310 g/mol. The minimum Gasteiger partial charge on any atom is -0.478 e. The lowest BCUT2D eigenvalue weighted by Crippen LogP contribution is -2.41. The number of carboxylic acids is 1. The van der Waals surface area contributed by atoms with Gasteiger partial charge in [-0.2, -0.15) is 0 Å². The molecule has 0 aromatic heterocycles. The van der Waals surface area contributed by atoms with Crippen LogP contribution in [0.3, 0.4) is 0 Å². The van der Waals surface area contributed by atoms with Crippen molar-refractivity contribution < 1.29 is 14.7 Å². The van der Waals surface area contributed by atoms with E-state index < -0.39 is 5.97 Å². The van der Waals surface area contributed by atoms with Crippen LogP contribution in [0.5, 0.6) is 0 Å². The number of urea groups is 1. The normalized spacial score (nSPS) is 18.1. The molecule has 1 aliphatic rings. The van der Waals surface area contributed by atoms with E-state index in [-0.39, 0.29) is 22.7 Å². The molecule has 0 bridgehead atoms. The summed E-state index contributed by atoms with van der Waals surface area (Å²) >= 11 is 5.89. The highest BCUT2D eigenvalue weighted by Gasteiger charge is 2.30. The number of likely N-dealkylation sites (tertiary alicyclic amines) is 1. The van der Waals surface area contributed by atoms with Crippen LogP contribution in [0, 0.1) is 5.92 Å². The van der Waals surface area contributed by atoms with Gasteiger partial charge in [-0.05, 0) is 37.0 Å². The molecule has 2 rings (SSSR count). The highest BCUT2D eigenvalue weighted by Crippen LogP contribution is 2.25. The van der Waals surface area contributed by atoms with E-state index in [1.54, 1.807) is 6.07 Å². The van der Waals surface area contributed by atoms with Gasteiger partial charge in [0.25, 0.3) is 0 Å². The Morgan fingerprint density at radius 1 is 1.38 bits per heavy atom. The Hall–Kier alpha value is -1.75. The van der Waals surface area contributed by atoms with E-state index in [2.05, 4.69) is 19.2 Å². The maximum absolute atomic E-state index is 12.3. The van der Waals surface area contributed by atoms with Gasteiger partial charge in [0.1, 0.15) is 0 Å². The van der Waals surface area contributed by atoms with Crippen molar-refractivity contribution in [1.29, 1.82) is 0 Å². The molecule has 0 radical (unpaired) electrons. The summed E-state index contributed by atoms with van der Waals surface area (Å²) in [5, 5.41) is 12.0. The van der Waals surface area contributed by atoms with E-state index in [0.29, 0.717) is 11.6 Å². The van der Waals surface area contributed by atoms with Crippen LogP contribution < -0.4 is 5.32 Å². The van der Waals surface area contributed by atoms with Crippen LogP contribution in [-0.2, 0) is 0 Å². The van der Waals surface area contributed by atoms with Gasteiger partial charge in [0.05, 0.1) is 5.56 Å². The molecule has 6 heteroatoms. The summed E-state index contributed by atoms with van der Waals surface area (Å²) in [5.74, 6) is -0.679. The standard InChI is InChI=1S/C15H19ClN2O3/c1-9(2)13-4-3-5-18(13)15(21)17-12-7-10(14(19)20)6-11(16)8-12/h6-9,13H,3-5H2,1-2H3,(H,17,21)(H,19,20). The molecule has 5 nitrogen and oxygen atoms in total. The van der Waals surface area contributed by atoms with Crippen molar-refractivity contribution in [3.05, 3.63) is 28.8 Å². The summed E-state index contributed by atoms with van der Waals surface area (Å²) in [6, 6.07) is 4.33. The molecule has 1 fully saturated rings. The van der Waals surface area contributed by atoms with Gasteiger partial charge in [-0.3, -0.25) is 0 Å². The number of carboxylic acid groups (broad SMARTS) is 1. The minimum absolute atomic E-state index is 0.0552. The highest BCUT2D eigenvalue weighted by atomic mass is 35.5. The van der Waals surface area contributed by atoms with Crippen molar-refractivity contribution in [2.75, 3.05) is 11.9 Å². The van der Waals surface area contributed by atoms with Gasteiger partial charge in [-0.15, -0.1) is 0 Å². The predicted molar refractivity (Wildman–Crippen MR) is 82.0 cm³/mol. The maximum Gasteiger partial charge on any atom is 0.335 e. The Kier molecular flexibility index (Phi) is 4.73. The lowest BCUT2D eigenvalue weighted by Gasteiger charge is -2.27. The van der Waals surface area contributed by atoms with Crippen LogP contribution in [0.4, 0.5) is 10.5 Å². The zero-order valence-corrected chi connectivity index (χ0v) is 12.9. The quantitative estimate of drug-likeness (QED) is 0.894. The largest absolute Gasteiger partial charge is 0.478 e. The maximum atomic E-state index is 12.3. The van der Waals surface area contributed by atoms with Gasteiger partial charge in [0.2, 0.25) is 0 Å². The smallest absolute Gasteiger partial charge is 0.335 e. The van der Waals surface area contributed by atoms with Crippen LogP contribution in [0.15, 0.2) is 18.2 Å². The zero-order chi connectivity index (χ0) is 15.6. The average Bonchev–Trinajstić information content (AvgIpc) is 2.87. The first kappa shape index (κ1) is 15.6. The van der Waals surface area contributed by atoms with Crippen molar-refractivity contribution in [1.82, 2.24) is 4.90 Å². The number of amides is 2. The van der Waals surface area contributed by atoms with Gasteiger partial charge in [0, 0.05) is 23.3 Å². The molecule has 0 spiro atoms. The molecule has 1 aromatic rings. The molecule has 2 amide bonds. The number of halogens is 1. The summed E-state index contributed by atoms with van der Waals surface area (Å²) < 4.78 is 0. The molecule has 2 N–H and O–H groups in total. The number of carbonyl (C=O) groups excluding carboxylic acids is 1. The first-order valence-electron chi connectivity index (χ1n) is 7.00. The van der Waals surface area contributed by atoms with Gasteiger partial charge in [0.15, 0.2) is 0 Å². The number of rotatable bonds is 3. The fourth-order valence-electron chi connectivity index (χ4n) is 2.72. The number of nitrogens with one attached hydrogen (secondary N) is 1. The third-order valence-electron chi connectivity index (χ3n) is 3.73. The van der Waals surface area contributed by atoms with E-state index in [0.717, 1.165) is 19.4 Å². The summed E-state index contributed by atoms with van der Waals surface area (Å²) in [6.45, 7) is 4.91. The average molecular weight is 311 g/mol. The summed E-state index contributed by atoms with van der Waals surface area (Å²) in [6.07, 6.45) is 1.99. The molecule has 1 unspecified atom stereocenters. The second-order valence-corrected chi connectivity index (χ2v) is 6.05. The van der Waals surface area contributed by atoms with E-state index in [1.807, 2.05) is 4.90 Å². The second-order valence-electron chi connectivity index (χ2n) is 5.61. The van der Waals surface area contributed by atoms with Crippen molar-refractivity contribution in [3.8, 4) is 0 Å². The zero-order valence-electron chi connectivity index (χ0n) is 12.1.